The van der Waals surface area contributed by atoms with Crippen molar-refractivity contribution < 1.29 is 14.4 Å². The minimum absolute atomic E-state index is 0.338. The second-order valence-corrected chi connectivity index (χ2v) is 5.17. The summed E-state index contributed by atoms with van der Waals surface area (Å²) in [4.78, 5) is 38.9. The maximum Gasteiger partial charge on any atom is 0.330 e. The molecule has 0 radical (unpaired) electrons. The predicted octanol–water partition coefficient (Wildman–Crippen LogP) is 0.577. The summed E-state index contributed by atoms with van der Waals surface area (Å²) in [5, 5.41) is 2.28. The number of nitrogens with one attached hydrogen (secondary N) is 1. The Balaban J connectivity index is 1.95. The summed E-state index contributed by atoms with van der Waals surface area (Å²) >= 11 is 0. The van der Waals surface area contributed by atoms with E-state index in [1.54, 1.807) is 0 Å². The van der Waals surface area contributed by atoms with E-state index in [4.69, 9.17) is 0 Å². The van der Waals surface area contributed by atoms with Crippen molar-refractivity contribution in [2.24, 2.45) is 5.92 Å². The lowest BCUT2D eigenvalue weighted by molar-refractivity contribution is -0.143. The van der Waals surface area contributed by atoms with Gasteiger partial charge in [0.15, 0.2) is 0 Å². The normalized spacial score (nSPS) is 25.0. The lowest BCUT2D eigenvalue weighted by atomic mass is 9.99. The Morgan fingerprint density at radius 1 is 1.16 bits per heavy atom. The molecule has 0 aromatic heterocycles. The van der Waals surface area contributed by atoms with E-state index in [2.05, 4.69) is 10.2 Å². The molecule has 0 spiro atoms. The van der Waals surface area contributed by atoms with Gasteiger partial charge >= 0.3 is 6.03 Å². The summed E-state index contributed by atoms with van der Waals surface area (Å²) in [5.74, 6) is -1.48. The third kappa shape index (κ3) is 3.12. The fourth-order valence-electron chi connectivity index (χ4n) is 2.66. The molecule has 2 rings (SSSR count). The molecule has 0 aromatic carbocycles. The molecule has 6 nitrogen and oxygen atoms in total. The van der Waals surface area contributed by atoms with Crippen LogP contribution in [-0.2, 0) is 9.59 Å². The van der Waals surface area contributed by atoms with E-state index >= 15 is 0 Å². The minimum Gasteiger partial charge on any atom is -0.302 e. The van der Waals surface area contributed by atoms with Crippen LogP contribution in [0.3, 0.4) is 0 Å². The number of imide groups is 2. The van der Waals surface area contributed by atoms with Gasteiger partial charge in [0.05, 0.1) is 0 Å². The van der Waals surface area contributed by atoms with Gasteiger partial charge in [0, 0.05) is 13.1 Å². The molecule has 2 aliphatic heterocycles. The van der Waals surface area contributed by atoms with Crippen molar-refractivity contribution in [1.82, 2.24) is 15.1 Å². The van der Waals surface area contributed by atoms with E-state index in [9.17, 15) is 14.4 Å². The maximum atomic E-state index is 12.2. The van der Waals surface area contributed by atoms with Crippen LogP contribution in [0.2, 0.25) is 0 Å². The van der Waals surface area contributed by atoms with Gasteiger partial charge < -0.3 is 4.90 Å². The van der Waals surface area contributed by atoms with Crippen molar-refractivity contribution in [2.45, 2.75) is 32.6 Å². The van der Waals surface area contributed by atoms with Crippen molar-refractivity contribution in [2.75, 3.05) is 26.2 Å². The monoisotopic (exact) mass is 267 g/mol. The molecule has 0 bridgehead atoms. The maximum absolute atomic E-state index is 12.2. The van der Waals surface area contributed by atoms with Crippen LogP contribution >= 0.6 is 0 Å². The van der Waals surface area contributed by atoms with Crippen LogP contribution < -0.4 is 5.32 Å². The molecular weight excluding hydrogens is 246 g/mol. The first-order chi connectivity index (χ1) is 9.13. The van der Waals surface area contributed by atoms with E-state index in [1.165, 1.54) is 17.7 Å². The van der Waals surface area contributed by atoms with Crippen molar-refractivity contribution >= 4 is 17.8 Å². The summed E-state index contributed by atoms with van der Waals surface area (Å²) in [6.45, 7) is 5.05. The number of carbonyl (C=O) groups is 3. The summed E-state index contributed by atoms with van der Waals surface area (Å²) in [5.41, 5.74) is 0. The van der Waals surface area contributed by atoms with Crippen molar-refractivity contribution in [3.05, 3.63) is 0 Å². The molecule has 19 heavy (non-hydrogen) atoms. The average Bonchev–Trinajstić information content (AvgIpc) is 2.87. The molecule has 4 amide bonds. The molecule has 1 unspecified atom stereocenters. The number of carbonyl (C=O) groups excluding carboxylic acids is 3. The van der Waals surface area contributed by atoms with Crippen LogP contribution in [-0.4, -0.2) is 53.8 Å². The Morgan fingerprint density at radius 2 is 1.84 bits per heavy atom. The molecule has 2 aliphatic rings. The molecule has 1 atom stereocenters. The zero-order chi connectivity index (χ0) is 13.8. The number of urea groups is 1. The molecule has 6 heteroatoms. The van der Waals surface area contributed by atoms with E-state index in [-0.39, 0.29) is 5.91 Å². The van der Waals surface area contributed by atoms with Gasteiger partial charge in [-0.25, -0.2) is 4.79 Å². The summed E-state index contributed by atoms with van der Waals surface area (Å²) in [6.07, 6.45) is 3.60. The highest BCUT2D eigenvalue weighted by molar-refractivity contribution is 6.16. The molecule has 2 fully saturated rings. The fourth-order valence-corrected chi connectivity index (χ4v) is 2.66. The first-order valence-corrected chi connectivity index (χ1v) is 7.02. The first-order valence-electron chi connectivity index (χ1n) is 7.02. The molecule has 0 saturated carbocycles. The highest BCUT2D eigenvalue weighted by atomic mass is 16.2. The SMILES string of the molecule is CCCC1C(=O)NC(=O)N(CCN2CCCC2)C1=O. The molecule has 0 aromatic rings. The summed E-state index contributed by atoms with van der Waals surface area (Å²) in [6, 6.07) is -0.568. The van der Waals surface area contributed by atoms with E-state index < -0.39 is 17.9 Å². The number of barbiturate groups is 1. The van der Waals surface area contributed by atoms with E-state index in [1.807, 2.05) is 6.92 Å². The van der Waals surface area contributed by atoms with Gasteiger partial charge in [-0.2, -0.15) is 0 Å². The smallest absolute Gasteiger partial charge is 0.302 e. The number of hydrogen-bond acceptors (Lipinski definition) is 4. The van der Waals surface area contributed by atoms with E-state index in [0.717, 1.165) is 19.5 Å². The number of rotatable bonds is 5. The van der Waals surface area contributed by atoms with Gasteiger partial charge in [0.1, 0.15) is 5.92 Å². The van der Waals surface area contributed by atoms with Crippen LogP contribution in [0.5, 0.6) is 0 Å². The lowest BCUT2D eigenvalue weighted by Gasteiger charge is -2.31. The topological polar surface area (TPSA) is 69.7 Å². The standard InChI is InChI=1S/C13H21N3O3/c1-2-5-10-11(17)14-13(19)16(12(10)18)9-8-15-6-3-4-7-15/h10H,2-9H2,1H3,(H,14,17,19). The van der Waals surface area contributed by atoms with Crippen molar-refractivity contribution in [3.63, 3.8) is 0 Å². The summed E-state index contributed by atoms with van der Waals surface area (Å²) < 4.78 is 0. The Bertz CT molecular complexity index is 377. The number of nitrogens with zero attached hydrogens (tertiary/aromatic N) is 2. The van der Waals surface area contributed by atoms with Gasteiger partial charge in [-0.1, -0.05) is 13.3 Å². The van der Waals surface area contributed by atoms with Gasteiger partial charge in [0.2, 0.25) is 11.8 Å². The Morgan fingerprint density at radius 3 is 2.47 bits per heavy atom. The van der Waals surface area contributed by atoms with Crippen LogP contribution in [0.15, 0.2) is 0 Å². The van der Waals surface area contributed by atoms with Crippen molar-refractivity contribution in [1.29, 1.82) is 0 Å². The Hall–Kier alpha value is -1.43. The third-order valence-electron chi connectivity index (χ3n) is 3.77. The van der Waals surface area contributed by atoms with Gasteiger partial charge in [-0.3, -0.25) is 19.8 Å². The highest BCUT2D eigenvalue weighted by Gasteiger charge is 2.39. The fraction of sp³-hybridized carbons (Fsp3) is 0.769. The molecule has 0 aliphatic carbocycles. The zero-order valence-electron chi connectivity index (χ0n) is 11.4. The first kappa shape index (κ1) is 14.0. The third-order valence-corrected chi connectivity index (χ3v) is 3.77. The van der Waals surface area contributed by atoms with Gasteiger partial charge in [-0.15, -0.1) is 0 Å². The quantitative estimate of drug-likeness (QED) is 0.740. The lowest BCUT2D eigenvalue weighted by Crippen LogP contribution is -2.59. The minimum atomic E-state index is -0.693. The van der Waals surface area contributed by atoms with Crippen LogP contribution in [0, 0.1) is 5.92 Å². The number of likely N-dealkylation sites (tertiary alicyclic amines) is 1. The summed E-state index contributed by atoms with van der Waals surface area (Å²) in [7, 11) is 0. The highest BCUT2D eigenvalue weighted by Crippen LogP contribution is 2.16. The number of amides is 4. The van der Waals surface area contributed by atoms with Gasteiger partial charge in [-0.05, 0) is 32.4 Å². The van der Waals surface area contributed by atoms with Crippen LogP contribution in [0.4, 0.5) is 4.79 Å². The van der Waals surface area contributed by atoms with Crippen molar-refractivity contribution in [3.8, 4) is 0 Å². The Labute approximate surface area is 113 Å². The van der Waals surface area contributed by atoms with Crippen LogP contribution in [0.1, 0.15) is 32.6 Å². The van der Waals surface area contributed by atoms with E-state index in [0.29, 0.717) is 19.5 Å². The predicted molar refractivity (Wildman–Crippen MR) is 69.3 cm³/mol. The Kier molecular flexibility index (Phi) is 4.52. The second-order valence-electron chi connectivity index (χ2n) is 5.17. The largest absolute Gasteiger partial charge is 0.330 e. The molecule has 2 saturated heterocycles. The van der Waals surface area contributed by atoms with Gasteiger partial charge in [0.25, 0.3) is 0 Å². The second kappa shape index (κ2) is 6.14. The molecule has 1 N–H and O–H groups in total. The average molecular weight is 267 g/mol. The number of hydrogen-bond donors (Lipinski definition) is 1. The molecular formula is C13H21N3O3. The zero-order valence-corrected chi connectivity index (χ0v) is 11.4. The molecule has 106 valence electrons. The van der Waals surface area contributed by atoms with Crippen LogP contribution in [0.25, 0.3) is 0 Å². The molecule has 2 heterocycles.